The molecule has 8 nitrogen and oxygen atoms in total. The Hall–Kier alpha value is -3.33. The van der Waals surface area contributed by atoms with Crippen molar-refractivity contribution in [2.75, 3.05) is 16.0 Å². The van der Waals surface area contributed by atoms with Crippen molar-refractivity contribution < 1.29 is 9.59 Å². The summed E-state index contributed by atoms with van der Waals surface area (Å²) >= 11 is 1.28. The lowest BCUT2D eigenvalue weighted by molar-refractivity contribution is -0.114. The van der Waals surface area contributed by atoms with E-state index >= 15 is 0 Å². The van der Waals surface area contributed by atoms with Crippen molar-refractivity contribution in [2.24, 2.45) is 0 Å². The number of carbonyl (C=O) groups is 2. The van der Waals surface area contributed by atoms with Gasteiger partial charge in [0.2, 0.25) is 11.9 Å². The van der Waals surface area contributed by atoms with Crippen molar-refractivity contribution in [3.8, 4) is 0 Å². The molecule has 0 aliphatic rings. The highest BCUT2D eigenvalue weighted by Crippen LogP contribution is 2.20. The fourth-order valence-electron chi connectivity index (χ4n) is 1.93. The van der Waals surface area contributed by atoms with Gasteiger partial charge >= 0.3 is 0 Å². The Labute approximate surface area is 147 Å². The SMILES string of the molecule is CC(=O)Nc1ccc(NC(=O)c2csc(Nc3ncccn3)n2)cc1. The van der Waals surface area contributed by atoms with Crippen molar-refractivity contribution in [3.05, 3.63) is 53.8 Å². The zero-order valence-electron chi connectivity index (χ0n) is 13.2. The van der Waals surface area contributed by atoms with Gasteiger partial charge in [0.25, 0.3) is 5.91 Å². The lowest BCUT2D eigenvalue weighted by atomic mass is 10.2. The molecule has 3 N–H and O–H groups in total. The molecule has 2 amide bonds. The average Bonchev–Trinajstić information content (AvgIpc) is 3.06. The largest absolute Gasteiger partial charge is 0.326 e. The maximum absolute atomic E-state index is 12.2. The van der Waals surface area contributed by atoms with E-state index in [9.17, 15) is 9.59 Å². The van der Waals surface area contributed by atoms with Crippen LogP contribution in [0.15, 0.2) is 48.1 Å². The Balaban J connectivity index is 1.62. The monoisotopic (exact) mass is 354 g/mol. The van der Waals surface area contributed by atoms with Gasteiger partial charge in [-0.15, -0.1) is 11.3 Å². The molecule has 0 unspecified atom stereocenters. The third kappa shape index (κ3) is 4.58. The lowest BCUT2D eigenvalue weighted by Gasteiger charge is -2.05. The molecule has 3 aromatic rings. The van der Waals surface area contributed by atoms with Crippen LogP contribution in [0, 0.1) is 0 Å². The second kappa shape index (κ2) is 7.49. The van der Waals surface area contributed by atoms with Gasteiger partial charge in [0.05, 0.1) is 0 Å². The fraction of sp³-hybridized carbons (Fsp3) is 0.0625. The summed E-state index contributed by atoms with van der Waals surface area (Å²) in [6.07, 6.45) is 3.22. The van der Waals surface area contributed by atoms with Gasteiger partial charge in [-0.3, -0.25) is 9.59 Å². The molecule has 3 rings (SSSR count). The molecule has 2 heterocycles. The summed E-state index contributed by atoms with van der Waals surface area (Å²) in [5.74, 6) is -0.0652. The number of hydrogen-bond donors (Lipinski definition) is 3. The average molecular weight is 354 g/mol. The second-order valence-electron chi connectivity index (χ2n) is 4.95. The highest BCUT2D eigenvalue weighted by atomic mass is 32.1. The number of thiazole rings is 1. The van der Waals surface area contributed by atoms with Crippen LogP contribution in [0.1, 0.15) is 17.4 Å². The zero-order chi connectivity index (χ0) is 17.6. The normalized spacial score (nSPS) is 10.1. The molecular weight excluding hydrogens is 340 g/mol. The molecule has 0 spiro atoms. The van der Waals surface area contributed by atoms with E-state index in [1.54, 1.807) is 48.1 Å². The van der Waals surface area contributed by atoms with Gasteiger partial charge in [0.1, 0.15) is 5.69 Å². The summed E-state index contributed by atoms with van der Waals surface area (Å²) in [6.45, 7) is 1.43. The molecule has 0 saturated heterocycles. The number of nitrogens with zero attached hydrogens (tertiary/aromatic N) is 3. The molecule has 25 heavy (non-hydrogen) atoms. The van der Waals surface area contributed by atoms with Crippen LogP contribution in [0.5, 0.6) is 0 Å². The summed E-state index contributed by atoms with van der Waals surface area (Å²) in [5.41, 5.74) is 1.55. The van der Waals surface area contributed by atoms with Crippen molar-refractivity contribution in [1.82, 2.24) is 15.0 Å². The standard InChI is InChI=1S/C16H14N6O2S/c1-10(23)19-11-3-5-12(6-4-11)20-14(24)13-9-25-16(21-13)22-15-17-7-2-8-18-15/h2-9H,1H3,(H,19,23)(H,20,24)(H,17,18,21,22). The predicted octanol–water partition coefficient (Wildman–Crippen LogP) is 2.89. The molecule has 0 bridgehead atoms. The van der Waals surface area contributed by atoms with Gasteiger partial charge in [-0.25, -0.2) is 15.0 Å². The van der Waals surface area contributed by atoms with E-state index in [1.807, 2.05) is 0 Å². The predicted molar refractivity (Wildman–Crippen MR) is 96.1 cm³/mol. The number of anilines is 4. The molecule has 0 saturated carbocycles. The first kappa shape index (κ1) is 16.5. The van der Waals surface area contributed by atoms with Crippen LogP contribution in [-0.4, -0.2) is 26.8 Å². The van der Waals surface area contributed by atoms with Gasteiger partial charge in [-0.1, -0.05) is 0 Å². The van der Waals surface area contributed by atoms with E-state index in [0.717, 1.165) is 0 Å². The van der Waals surface area contributed by atoms with Crippen LogP contribution < -0.4 is 16.0 Å². The molecule has 9 heteroatoms. The van der Waals surface area contributed by atoms with Crippen molar-refractivity contribution in [1.29, 1.82) is 0 Å². The van der Waals surface area contributed by atoms with Gasteiger partial charge in [-0.2, -0.15) is 0 Å². The third-order valence-electron chi connectivity index (χ3n) is 2.98. The third-order valence-corrected chi connectivity index (χ3v) is 3.74. The topological polar surface area (TPSA) is 109 Å². The van der Waals surface area contributed by atoms with Gasteiger partial charge in [-0.05, 0) is 30.3 Å². The number of benzene rings is 1. The van der Waals surface area contributed by atoms with E-state index in [1.165, 1.54) is 18.3 Å². The molecule has 0 radical (unpaired) electrons. The van der Waals surface area contributed by atoms with Crippen LogP contribution in [0.3, 0.4) is 0 Å². The number of hydrogen-bond acceptors (Lipinski definition) is 7. The molecule has 0 atom stereocenters. The van der Waals surface area contributed by atoms with Gasteiger partial charge < -0.3 is 16.0 Å². The number of aromatic nitrogens is 3. The van der Waals surface area contributed by atoms with Crippen molar-refractivity contribution in [2.45, 2.75) is 6.92 Å². The van der Waals surface area contributed by atoms with Crippen molar-refractivity contribution in [3.63, 3.8) is 0 Å². The smallest absolute Gasteiger partial charge is 0.275 e. The van der Waals surface area contributed by atoms with Crippen LogP contribution in [0.25, 0.3) is 0 Å². The number of rotatable bonds is 5. The minimum atomic E-state index is -0.328. The Morgan fingerprint density at radius 1 is 1.00 bits per heavy atom. The first-order valence-corrected chi connectivity index (χ1v) is 8.17. The summed E-state index contributed by atoms with van der Waals surface area (Å²) in [6, 6.07) is 8.53. The Morgan fingerprint density at radius 2 is 1.64 bits per heavy atom. The van der Waals surface area contributed by atoms with Gasteiger partial charge in [0.15, 0.2) is 5.13 Å². The van der Waals surface area contributed by atoms with E-state index in [2.05, 4.69) is 30.9 Å². The Kier molecular flexibility index (Phi) is 4.95. The maximum Gasteiger partial charge on any atom is 0.275 e. The molecule has 0 aliphatic carbocycles. The zero-order valence-corrected chi connectivity index (χ0v) is 14.0. The minimum Gasteiger partial charge on any atom is -0.326 e. The van der Waals surface area contributed by atoms with Crippen LogP contribution in [0.2, 0.25) is 0 Å². The Morgan fingerprint density at radius 3 is 2.28 bits per heavy atom. The fourth-order valence-corrected chi connectivity index (χ4v) is 2.61. The van der Waals surface area contributed by atoms with Gasteiger partial charge in [0, 0.05) is 36.1 Å². The number of nitrogens with one attached hydrogen (secondary N) is 3. The van der Waals surface area contributed by atoms with Crippen LogP contribution in [0.4, 0.5) is 22.5 Å². The highest BCUT2D eigenvalue weighted by molar-refractivity contribution is 7.14. The van der Waals surface area contributed by atoms with E-state index in [4.69, 9.17) is 0 Å². The molecule has 126 valence electrons. The summed E-state index contributed by atoms with van der Waals surface area (Å²) in [7, 11) is 0. The van der Waals surface area contributed by atoms with E-state index in [-0.39, 0.29) is 17.5 Å². The van der Waals surface area contributed by atoms with Crippen molar-refractivity contribution >= 4 is 45.6 Å². The number of carbonyl (C=O) groups excluding carboxylic acids is 2. The summed E-state index contributed by atoms with van der Waals surface area (Å²) in [4.78, 5) is 35.5. The first-order valence-electron chi connectivity index (χ1n) is 7.29. The maximum atomic E-state index is 12.2. The molecule has 2 aromatic heterocycles. The molecule has 0 fully saturated rings. The molecular formula is C16H14N6O2S. The molecule has 1 aromatic carbocycles. The number of amides is 2. The quantitative estimate of drug-likeness (QED) is 0.650. The first-order chi connectivity index (χ1) is 12.1. The lowest BCUT2D eigenvalue weighted by Crippen LogP contribution is -2.12. The van der Waals surface area contributed by atoms with E-state index in [0.29, 0.717) is 22.5 Å². The summed E-state index contributed by atoms with van der Waals surface area (Å²) in [5, 5.41) is 10.5. The summed E-state index contributed by atoms with van der Waals surface area (Å²) < 4.78 is 0. The highest BCUT2D eigenvalue weighted by Gasteiger charge is 2.12. The molecule has 0 aliphatic heterocycles. The van der Waals surface area contributed by atoms with E-state index < -0.39 is 0 Å². The van der Waals surface area contributed by atoms with Crippen LogP contribution >= 0.6 is 11.3 Å². The Bertz CT molecular complexity index is 879. The van der Waals surface area contributed by atoms with Crippen LogP contribution in [-0.2, 0) is 4.79 Å². The second-order valence-corrected chi connectivity index (χ2v) is 5.81. The minimum absolute atomic E-state index is 0.151.